The molecule has 1 aromatic heterocycles. The van der Waals surface area contributed by atoms with Gasteiger partial charge in [-0.25, -0.2) is 9.48 Å². The van der Waals surface area contributed by atoms with Crippen molar-refractivity contribution < 1.29 is 14.3 Å². The molecule has 1 aliphatic heterocycles. The number of carbonyl (C=O) groups is 1. The van der Waals surface area contributed by atoms with E-state index in [0.717, 1.165) is 22.6 Å². The summed E-state index contributed by atoms with van der Waals surface area (Å²) in [5, 5.41) is 8.60. The number of hydrogen-bond donors (Lipinski definition) is 1. The van der Waals surface area contributed by atoms with Gasteiger partial charge < -0.3 is 14.8 Å². The molecule has 8 heteroatoms. The molecule has 34 heavy (non-hydrogen) atoms. The Labute approximate surface area is 204 Å². The van der Waals surface area contributed by atoms with Crippen LogP contribution in [0.2, 0.25) is 0 Å². The minimum Gasteiger partial charge on any atom is -0.489 e. The van der Waals surface area contributed by atoms with Gasteiger partial charge in [0.25, 0.3) is 0 Å². The van der Waals surface area contributed by atoms with Crippen molar-refractivity contribution in [2.45, 2.75) is 58.5 Å². The quantitative estimate of drug-likeness (QED) is 0.337. The van der Waals surface area contributed by atoms with E-state index in [1.165, 1.54) is 5.56 Å². The highest BCUT2D eigenvalue weighted by molar-refractivity contribution is 7.99. The zero-order valence-corrected chi connectivity index (χ0v) is 21.0. The van der Waals surface area contributed by atoms with Gasteiger partial charge in [-0.2, -0.15) is 4.98 Å². The van der Waals surface area contributed by atoms with Crippen LogP contribution in [0.3, 0.4) is 0 Å². The zero-order chi connectivity index (χ0) is 24.2. The average molecular weight is 479 g/mol. The Morgan fingerprint density at radius 3 is 2.71 bits per heavy atom. The summed E-state index contributed by atoms with van der Waals surface area (Å²) < 4.78 is 13.5. The second-order valence-electron chi connectivity index (χ2n) is 8.40. The van der Waals surface area contributed by atoms with E-state index in [-0.39, 0.29) is 12.1 Å². The first-order valence-electron chi connectivity index (χ1n) is 11.4. The Hall–Kier alpha value is -3.26. The first-order valence-corrected chi connectivity index (χ1v) is 12.4. The summed E-state index contributed by atoms with van der Waals surface area (Å²) in [7, 11) is 0. The molecule has 178 valence electrons. The Bertz CT molecular complexity index is 1220. The van der Waals surface area contributed by atoms with E-state index < -0.39 is 6.04 Å². The molecular formula is C26H30N4O3S. The number of nitrogens with zero attached hydrogens (tertiary/aromatic N) is 3. The van der Waals surface area contributed by atoms with Gasteiger partial charge in [0.2, 0.25) is 11.1 Å². The summed E-state index contributed by atoms with van der Waals surface area (Å²) >= 11 is 1.56. The van der Waals surface area contributed by atoms with Gasteiger partial charge >= 0.3 is 5.97 Å². The molecule has 2 heterocycles. The molecule has 0 fully saturated rings. The number of fused-ring (bicyclic) bond motifs is 1. The zero-order valence-electron chi connectivity index (χ0n) is 20.2. The molecule has 1 unspecified atom stereocenters. The molecule has 1 atom stereocenters. The van der Waals surface area contributed by atoms with E-state index in [4.69, 9.17) is 14.6 Å². The monoisotopic (exact) mass is 478 g/mol. The van der Waals surface area contributed by atoms with Gasteiger partial charge in [0, 0.05) is 5.70 Å². The van der Waals surface area contributed by atoms with Crippen LogP contribution < -0.4 is 10.1 Å². The Morgan fingerprint density at radius 2 is 1.97 bits per heavy atom. The molecule has 0 saturated carbocycles. The van der Waals surface area contributed by atoms with Gasteiger partial charge in [0.05, 0.1) is 11.7 Å². The maximum absolute atomic E-state index is 13.2. The number of aromatic nitrogens is 3. The number of thioether (sulfide) groups is 1. The van der Waals surface area contributed by atoms with E-state index in [9.17, 15) is 4.79 Å². The third-order valence-electron chi connectivity index (χ3n) is 5.50. The number of esters is 1. The van der Waals surface area contributed by atoms with Crippen molar-refractivity contribution in [1.82, 2.24) is 14.8 Å². The number of hydrogen-bond acceptors (Lipinski definition) is 7. The molecule has 2 aromatic carbocycles. The van der Waals surface area contributed by atoms with Crippen molar-refractivity contribution in [2.75, 3.05) is 11.1 Å². The minimum absolute atomic E-state index is 0.236. The minimum atomic E-state index is -0.483. The highest BCUT2D eigenvalue weighted by atomic mass is 32.2. The summed E-state index contributed by atoms with van der Waals surface area (Å²) in [6.07, 6.45) is -0.236. The lowest BCUT2D eigenvalue weighted by atomic mass is 9.95. The highest BCUT2D eigenvalue weighted by Gasteiger charge is 2.35. The fourth-order valence-electron chi connectivity index (χ4n) is 3.88. The average Bonchev–Trinajstić information content (AvgIpc) is 3.19. The summed E-state index contributed by atoms with van der Waals surface area (Å²) in [5.74, 6) is 1.80. The predicted molar refractivity (Wildman–Crippen MR) is 134 cm³/mol. The molecule has 3 aromatic rings. The number of nitrogens with one attached hydrogen (secondary N) is 1. The summed E-state index contributed by atoms with van der Waals surface area (Å²) in [6.45, 7) is 10.1. The molecule has 0 spiro atoms. The summed E-state index contributed by atoms with van der Waals surface area (Å²) in [5.41, 5.74) is 4.40. The third-order valence-corrected chi connectivity index (χ3v) is 6.22. The van der Waals surface area contributed by atoms with E-state index in [2.05, 4.69) is 36.3 Å². The van der Waals surface area contributed by atoms with Crippen LogP contribution in [0.15, 0.2) is 65.0 Å². The molecular weight excluding hydrogens is 448 g/mol. The topological polar surface area (TPSA) is 78.3 Å². The maximum Gasteiger partial charge on any atom is 0.338 e. The first kappa shape index (κ1) is 23.9. The fraction of sp³-hybridized carbons (Fsp3) is 0.346. The van der Waals surface area contributed by atoms with Crippen LogP contribution in [-0.2, 0) is 16.1 Å². The molecule has 1 aliphatic rings. The van der Waals surface area contributed by atoms with E-state index >= 15 is 0 Å². The number of anilines is 1. The lowest BCUT2D eigenvalue weighted by molar-refractivity contribution is -0.143. The van der Waals surface area contributed by atoms with Crippen LogP contribution >= 0.6 is 11.8 Å². The maximum atomic E-state index is 13.2. The molecule has 0 radical (unpaired) electrons. The lowest BCUT2D eigenvalue weighted by Crippen LogP contribution is -2.30. The molecule has 1 N–H and O–H groups in total. The molecule has 0 aliphatic carbocycles. The van der Waals surface area contributed by atoms with E-state index in [0.29, 0.717) is 29.0 Å². The largest absolute Gasteiger partial charge is 0.489 e. The van der Waals surface area contributed by atoms with Crippen molar-refractivity contribution in [3.05, 3.63) is 76.5 Å². The van der Waals surface area contributed by atoms with Crippen molar-refractivity contribution in [3.63, 3.8) is 0 Å². The van der Waals surface area contributed by atoms with Gasteiger partial charge in [-0.1, -0.05) is 55.1 Å². The van der Waals surface area contributed by atoms with Crippen molar-refractivity contribution in [3.8, 4) is 5.75 Å². The molecule has 4 rings (SSSR count). The standard InChI is InChI=1S/C26H30N4O3S/c1-6-34-26-28-25-27-18(5)22(24(31)33-16(2)3)23(30(25)29-26)19-12-9-13-21(14-19)32-15-20-11-8-7-10-17(20)4/h7-14,16,23H,6,15H2,1-5H3,(H,27,28,29). The second kappa shape index (κ2) is 10.3. The van der Waals surface area contributed by atoms with Crippen LogP contribution in [0.1, 0.15) is 50.4 Å². The van der Waals surface area contributed by atoms with Crippen LogP contribution in [0.4, 0.5) is 5.95 Å². The van der Waals surface area contributed by atoms with Crippen LogP contribution in [0, 0.1) is 6.92 Å². The van der Waals surface area contributed by atoms with Gasteiger partial charge in [0.15, 0.2) is 0 Å². The lowest BCUT2D eigenvalue weighted by Gasteiger charge is -2.28. The van der Waals surface area contributed by atoms with Crippen LogP contribution in [0.5, 0.6) is 5.75 Å². The first-order chi connectivity index (χ1) is 16.4. The summed E-state index contributed by atoms with van der Waals surface area (Å²) in [6, 6.07) is 15.5. The number of benzene rings is 2. The Balaban J connectivity index is 1.71. The van der Waals surface area contributed by atoms with E-state index in [1.54, 1.807) is 16.4 Å². The van der Waals surface area contributed by atoms with Crippen molar-refractivity contribution in [2.24, 2.45) is 0 Å². The SMILES string of the molecule is CCSc1nc2n(n1)C(c1cccc(OCc3ccccc3C)c1)C(C(=O)OC(C)C)=C(C)N2. The van der Waals surface area contributed by atoms with Crippen LogP contribution in [-0.4, -0.2) is 32.6 Å². The fourth-order valence-corrected chi connectivity index (χ4v) is 4.43. The highest BCUT2D eigenvalue weighted by Crippen LogP contribution is 2.38. The number of allylic oxidation sites excluding steroid dienone is 1. The Morgan fingerprint density at radius 1 is 1.18 bits per heavy atom. The number of aryl methyl sites for hydroxylation is 1. The number of rotatable bonds is 8. The smallest absolute Gasteiger partial charge is 0.338 e. The van der Waals surface area contributed by atoms with Gasteiger partial charge in [-0.3, -0.25) is 0 Å². The molecule has 0 amide bonds. The third kappa shape index (κ3) is 5.12. The van der Waals surface area contributed by atoms with E-state index in [1.807, 2.05) is 57.2 Å². The molecule has 0 saturated heterocycles. The molecule has 7 nitrogen and oxygen atoms in total. The predicted octanol–water partition coefficient (Wildman–Crippen LogP) is 5.52. The van der Waals surface area contributed by atoms with Crippen molar-refractivity contribution >= 4 is 23.7 Å². The van der Waals surface area contributed by atoms with Gasteiger partial charge in [0.1, 0.15) is 18.4 Å². The molecule has 0 bridgehead atoms. The normalized spacial score (nSPS) is 15.2. The number of carbonyl (C=O) groups excluding carboxylic acids is 1. The number of ether oxygens (including phenoxy) is 2. The van der Waals surface area contributed by atoms with Gasteiger partial charge in [-0.15, -0.1) is 5.10 Å². The van der Waals surface area contributed by atoms with Gasteiger partial charge in [-0.05, 0) is 62.3 Å². The second-order valence-corrected chi connectivity index (χ2v) is 9.63. The Kier molecular flexibility index (Phi) is 7.26. The summed E-state index contributed by atoms with van der Waals surface area (Å²) in [4.78, 5) is 17.8. The van der Waals surface area contributed by atoms with Crippen LogP contribution in [0.25, 0.3) is 0 Å². The van der Waals surface area contributed by atoms with Crippen molar-refractivity contribution in [1.29, 1.82) is 0 Å².